The van der Waals surface area contributed by atoms with E-state index in [0.717, 1.165) is 9.17 Å². The standard InChI is InChI=1S/C9H8Cl2OTe/c10-13(11)6-5-8(12)7-3-1-2-4-9(7)13/h1-4H,5-6H2. The SMILES string of the molecule is O=C1CC[Te](Cl)(Cl)c2ccccc21. The molecule has 70 valence electrons. The molecule has 0 fully saturated rings. The number of rotatable bonds is 0. The van der Waals surface area contributed by atoms with Crippen molar-refractivity contribution in [2.75, 3.05) is 0 Å². The van der Waals surface area contributed by atoms with Crippen molar-refractivity contribution in [2.24, 2.45) is 0 Å². The molecule has 0 unspecified atom stereocenters. The van der Waals surface area contributed by atoms with Gasteiger partial charge >= 0.3 is 88.8 Å². The Hall–Kier alpha value is 0.260. The molecule has 1 aromatic rings. The minimum absolute atomic E-state index is 0.179. The van der Waals surface area contributed by atoms with Crippen molar-refractivity contribution in [2.45, 2.75) is 10.9 Å². The van der Waals surface area contributed by atoms with Gasteiger partial charge in [-0.1, -0.05) is 0 Å². The van der Waals surface area contributed by atoms with Crippen LogP contribution in [0.1, 0.15) is 16.8 Å². The number of hydrogen-bond acceptors (Lipinski definition) is 1. The zero-order valence-corrected chi connectivity index (χ0v) is 10.6. The van der Waals surface area contributed by atoms with Crippen LogP contribution in [0.2, 0.25) is 4.47 Å². The quantitative estimate of drug-likeness (QED) is 0.668. The molecule has 0 aliphatic carbocycles. The summed E-state index contributed by atoms with van der Waals surface area (Å²) in [4.78, 5) is 11.5. The van der Waals surface area contributed by atoms with E-state index in [2.05, 4.69) is 0 Å². The van der Waals surface area contributed by atoms with Crippen LogP contribution in [0.3, 0.4) is 0 Å². The molecule has 1 aliphatic rings. The number of hydrogen-bond donors (Lipinski definition) is 0. The Bertz CT molecular complexity index is 362. The van der Waals surface area contributed by atoms with E-state index in [1.165, 1.54) is 0 Å². The summed E-state index contributed by atoms with van der Waals surface area (Å²) in [5.41, 5.74) is 0.750. The van der Waals surface area contributed by atoms with Crippen LogP contribution in [0.5, 0.6) is 0 Å². The third kappa shape index (κ3) is 1.74. The molecule has 0 amide bonds. The van der Waals surface area contributed by atoms with Crippen molar-refractivity contribution in [3.63, 3.8) is 0 Å². The second kappa shape index (κ2) is 3.44. The summed E-state index contributed by atoms with van der Waals surface area (Å²) < 4.78 is 1.63. The van der Waals surface area contributed by atoms with Crippen LogP contribution in [-0.2, 0) is 0 Å². The fourth-order valence-corrected chi connectivity index (χ4v) is 8.38. The number of carbonyl (C=O) groups is 1. The number of benzene rings is 1. The monoisotopic (exact) mass is 332 g/mol. The summed E-state index contributed by atoms with van der Waals surface area (Å²) in [5, 5.41) is 0. The number of halogens is 2. The van der Waals surface area contributed by atoms with Crippen LogP contribution >= 0.6 is 17.9 Å². The van der Waals surface area contributed by atoms with Gasteiger partial charge in [-0.25, -0.2) is 0 Å². The summed E-state index contributed by atoms with van der Waals surface area (Å²) >= 11 is -2.86. The number of Topliss-reactive ketones (excluding diaryl/α,β-unsaturated/α-hetero) is 1. The van der Waals surface area contributed by atoms with E-state index in [1.807, 2.05) is 24.3 Å². The van der Waals surface area contributed by atoms with Gasteiger partial charge < -0.3 is 0 Å². The van der Waals surface area contributed by atoms with Gasteiger partial charge in [-0.05, 0) is 0 Å². The summed E-state index contributed by atoms with van der Waals surface area (Å²) in [6.45, 7) is 0. The molecule has 0 atom stereocenters. The van der Waals surface area contributed by atoms with E-state index in [0.29, 0.717) is 10.9 Å². The van der Waals surface area contributed by atoms with Gasteiger partial charge in [0.1, 0.15) is 0 Å². The Labute approximate surface area is 88.3 Å². The first-order valence-corrected chi connectivity index (χ1v) is 12.7. The molecular weight excluding hydrogens is 323 g/mol. The van der Waals surface area contributed by atoms with Gasteiger partial charge in [-0.15, -0.1) is 0 Å². The van der Waals surface area contributed by atoms with Crippen molar-refractivity contribution in [1.29, 1.82) is 0 Å². The van der Waals surface area contributed by atoms with Crippen LogP contribution in [-0.4, -0.2) is 21.7 Å². The number of fused-ring (bicyclic) bond motifs is 1. The van der Waals surface area contributed by atoms with Gasteiger partial charge in [0.25, 0.3) is 0 Å². The zero-order valence-electron chi connectivity index (χ0n) is 6.80. The van der Waals surface area contributed by atoms with E-state index in [-0.39, 0.29) is 5.78 Å². The van der Waals surface area contributed by atoms with Gasteiger partial charge in [0.15, 0.2) is 0 Å². The molecule has 0 bridgehead atoms. The first-order valence-electron chi connectivity index (χ1n) is 3.94. The fourth-order valence-electron chi connectivity index (χ4n) is 1.42. The van der Waals surface area contributed by atoms with E-state index in [9.17, 15) is 4.79 Å². The molecule has 1 nitrogen and oxygen atoms in total. The third-order valence-electron chi connectivity index (χ3n) is 2.09. The Morgan fingerprint density at radius 1 is 1.23 bits per heavy atom. The molecule has 2 rings (SSSR count). The van der Waals surface area contributed by atoms with Gasteiger partial charge in [0.05, 0.1) is 0 Å². The molecule has 0 saturated carbocycles. The zero-order chi connectivity index (χ0) is 9.47. The topological polar surface area (TPSA) is 17.1 Å². The van der Waals surface area contributed by atoms with E-state index in [4.69, 9.17) is 17.9 Å². The summed E-state index contributed by atoms with van der Waals surface area (Å²) in [7, 11) is 12.5. The molecule has 13 heavy (non-hydrogen) atoms. The fraction of sp³-hybridized carbons (Fsp3) is 0.222. The number of ketones is 1. The van der Waals surface area contributed by atoms with Crippen molar-refractivity contribution < 1.29 is 4.79 Å². The predicted molar refractivity (Wildman–Crippen MR) is 57.3 cm³/mol. The molecule has 1 aliphatic heterocycles. The summed E-state index contributed by atoms with van der Waals surface area (Å²) in [6, 6.07) is 7.47. The second-order valence-corrected chi connectivity index (χ2v) is 16.8. The Balaban J connectivity index is 2.61. The van der Waals surface area contributed by atoms with Gasteiger partial charge in [-0.2, -0.15) is 0 Å². The van der Waals surface area contributed by atoms with Gasteiger partial charge in [0, 0.05) is 0 Å². The first-order chi connectivity index (χ1) is 6.11. The summed E-state index contributed by atoms with van der Waals surface area (Å²) in [5.74, 6) is 0.179. The van der Waals surface area contributed by atoms with Gasteiger partial charge in [0.2, 0.25) is 0 Å². The Morgan fingerprint density at radius 3 is 2.62 bits per heavy atom. The van der Waals surface area contributed by atoms with Crippen LogP contribution in [0.15, 0.2) is 24.3 Å². The van der Waals surface area contributed by atoms with E-state index >= 15 is 0 Å². The molecule has 0 N–H and O–H groups in total. The molecule has 0 saturated heterocycles. The maximum absolute atomic E-state index is 11.5. The third-order valence-corrected chi connectivity index (χ3v) is 11.3. The first kappa shape index (κ1) is 9.80. The van der Waals surface area contributed by atoms with Crippen LogP contribution < -0.4 is 3.61 Å². The predicted octanol–water partition coefficient (Wildman–Crippen LogP) is 2.40. The van der Waals surface area contributed by atoms with Crippen molar-refractivity contribution in [3.05, 3.63) is 29.8 Å². The molecule has 4 heteroatoms. The molecule has 0 aromatic heterocycles. The van der Waals surface area contributed by atoms with E-state index in [1.54, 1.807) is 0 Å². The maximum atomic E-state index is 11.5. The van der Waals surface area contributed by atoms with Gasteiger partial charge in [-0.3, -0.25) is 0 Å². The molecular formula is C9H8Cl2OTe. The normalized spacial score (nSPS) is 22.2. The number of carbonyl (C=O) groups excluding carboxylic acids is 1. The Morgan fingerprint density at radius 2 is 1.92 bits per heavy atom. The molecule has 1 heterocycles. The molecule has 0 spiro atoms. The molecule has 1 aromatic carbocycles. The van der Waals surface area contributed by atoms with Crippen LogP contribution in [0, 0.1) is 0 Å². The van der Waals surface area contributed by atoms with Crippen LogP contribution in [0.4, 0.5) is 0 Å². The Kier molecular flexibility index (Phi) is 2.59. The van der Waals surface area contributed by atoms with Crippen molar-refractivity contribution in [1.82, 2.24) is 0 Å². The minimum atomic E-state index is -2.86. The molecule has 0 radical (unpaired) electrons. The average molecular weight is 331 g/mol. The van der Waals surface area contributed by atoms with Crippen LogP contribution in [0.25, 0.3) is 0 Å². The average Bonchev–Trinajstić information content (AvgIpc) is 2.13. The second-order valence-electron chi connectivity index (χ2n) is 2.95. The van der Waals surface area contributed by atoms with E-state index < -0.39 is 15.9 Å². The van der Waals surface area contributed by atoms with Crippen molar-refractivity contribution >= 4 is 43.3 Å². The van der Waals surface area contributed by atoms with Crippen molar-refractivity contribution in [3.8, 4) is 0 Å². The summed E-state index contributed by atoms with van der Waals surface area (Å²) in [6.07, 6.45) is 0.519.